The minimum Gasteiger partial charge on any atom is -0.263 e. The van der Waals surface area contributed by atoms with Crippen LogP contribution in [0.5, 0.6) is 0 Å². The van der Waals surface area contributed by atoms with E-state index in [0.717, 1.165) is 18.1 Å². The Labute approximate surface area is 92.6 Å². The highest BCUT2D eigenvalue weighted by atomic mass is 32.1. The SMILES string of the molecule is CCc1nc(-c2cc3c(s2)CCC3)n[nH]1. The second-order valence-electron chi connectivity index (χ2n) is 3.87. The summed E-state index contributed by atoms with van der Waals surface area (Å²) in [5, 5.41) is 7.21. The number of H-pyrrole nitrogens is 1. The highest BCUT2D eigenvalue weighted by Gasteiger charge is 2.17. The van der Waals surface area contributed by atoms with Crippen LogP contribution in [0.1, 0.15) is 29.6 Å². The second kappa shape index (κ2) is 3.45. The first-order valence-electron chi connectivity index (χ1n) is 5.40. The number of thiophene rings is 1. The molecule has 0 aliphatic heterocycles. The molecule has 0 bridgehead atoms. The van der Waals surface area contributed by atoms with E-state index in [0.29, 0.717) is 0 Å². The zero-order valence-electron chi connectivity index (χ0n) is 8.71. The molecule has 1 N–H and O–H groups in total. The fourth-order valence-corrected chi connectivity index (χ4v) is 3.19. The van der Waals surface area contributed by atoms with Crippen molar-refractivity contribution in [2.75, 3.05) is 0 Å². The lowest BCUT2D eigenvalue weighted by Gasteiger charge is -1.87. The standard InChI is InChI=1S/C11H13N3S/c1-2-10-12-11(14-13-10)9-6-7-4-3-5-8(7)15-9/h6H,2-5H2,1H3,(H,12,13,14). The fourth-order valence-electron chi connectivity index (χ4n) is 2.00. The molecule has 2 aromatic rings. The van der Waals surface area contributed by atoms with Crippen molar-refractivity contribution in [1.82, 2.24) is 15.2 Å². The van der Waals surface area contributed by atoms with Crippen LogP contribution in [0.3, 0.4) is 0 Å². The molecule has 78 valence electrons. The maximum absolute atomic E-state index is 4.46. The van der Waals surface area contributed by atoms with Crippen LogP contribution >= 0.6 is 11.3 Å². The highest BCUT2D eigenvalue weighted by Crippen LogP contribution is 2.34. The van der Waals surface area contributed by atoms with Gasteiger partial charge in [-0.05, 0) is 30.9 Å². The number of nitrogens with zero attached hydrogens (tertiary/aromatic N) is 2. The van der Waals surface area contributed by atoms with Crippen LogP contribution in [-0.4, -0.2) is 15.2 Å². The maximum Gasteiger partial charge on any atom is 0.191 e. The van der Waals surface area contributed by atoms with Crippen molar-refractivity contribution in [1.29, 1.82) is 0 Å². The van der Waals surface area contributed by atoms with E-state index in [-0.39, 0.29) is 0 Å². The molecule has 2 heterocycles. The molecule has 0 saturated heterocycles. The Bertz CT molecular complexity index is 462. The summed E-state index contributed by atoms with van der Waals surface area (Å²) >= 11 is 1.85. The summed E-state index contributed by atoms with van der Waals surface area (Å²) < 4.78 is 0. The lowest BCUT2D eigenvalue weighted by Crippen LogP contribution is -1.81. The number of hydrogen-bond donors (Lipinski definition) is 1. The van der Waals surface area contributed by atoms with Crippen molar-refractivity contribution in [2.45, 2.75) is 32.6 Å². The number of hydrogen-bond acceptors (Lipinski definition) is 3. The number of fused-ring (bicyclic) bond motifs is 1. The Kier molecular flexibility index (Phi) is 2.09. The van der Waals surface area contributed by atoms with Crippen molar-refractivity contribution >= 4 is 11.3 Å². The number of aromatic nitrogens is 3. The molecule has 1 aliphatic carbocycles. The van der Waals surface area contributed by atoms with Gasteiger partial charge in [0.15, 0.2) is 5.82 Å². The summed E-state index contributed by atoms with van der Waals surface area (Å²) in [5.41, 5.74) is 1.51. The quantitative estimate of drug-likeness (QED) is 0.843. The summed E-state index contributed by atoms with van der Waals surface area (Å²) in [7, 11) is 0. The largest absolute Gasteiger partial charge is 0.263 e. The van der Waals surface area contributed by atoms with Gasteiger partial charge in [-0.25, -0.2) is 4.98 Å². The van der Waals surface area contributed by atoms with Gasteiger partial charge in [0.1, 0.15) is 5.82 Å². The summed E-state index contributed by atoms with van der Waals surface area (Å²) in [4.78, 5) is 7.21. The summed E-state index contributed by atoms with van der Waals surface area (Å²) in [6.45, 7) is 2.08. The van der Waals surface area contributed by atoms with Crippen molar-refractivity contribution in [3.8, 4) is 10.7 Å². The van der Waals surface area contributed by atoms with Gasteiger partial charge in [0.25, 0.3) is 0 Å². The molecule has 0 saturated carbocycles. The van der Waals surface area contributed by atoms with Crippen LogP contribution < -0.4 is 0 Å². The van der Waals surface area contributed by atoms with Crippen LogP contribution in [0.15, 0.2) is 6.07 Å². The van der Waals surface area contributed by atoms with Crippen molar-refractivity contribution in [2.24, 2.45) is 0 Å². The summed E-state index contributed by atoms with van der Waals surface area (Å²) in [5.74, 6) is 1.84. The predicted octanol–water partition coefficient (Wildman–Crippen LogP) is 2.58. The Balaban J connectivity index is 1.98. The van der Waals surface area contributed by atoms with E-state index in [1.165, 1.54) is 34.6 Å². The van der Waals surface area contributed by atoms with Crippen LogP contribution in [0.4, 0.5) is 0 Å². The average Bonchev–Trinajstić information content (AvgIpc) is 2.91. The molecule has 0 radical (unpaired) electrons. The molecule has 0 atom stereocenters. The van der Waals surface area contributed by atoms with Crippen molar-refractivity contribution in [3.63, 3.8) is 0 Å². The van der Waals surface area contributed by atoms with E-state index in [1.54, 1.807) is 0 Å². The first-order chi connectivity index (χ1) is 7.36. The zero-order chi connectivity index (χ0) is 10.3. The third-order valence-corrected chi connectivity index (χ3v) is 4.07. The molecule has 0 amide bonds. The van der Waals surface area contributed by atoms with Gasteiger partial charge in [-0.1, -0.05) is 6.92 Å². The van der Waals surface area contributed by atoms with Crippen LogP contribution in [0, 0.1) is 0 Å². The molecule has 1 aliphatic rings. The monoisotopic (exact) mass is 219 g/mol. The zero-order valence-corrected chi connectivity index (χ0v) is 9.52. The predicted molar refractivity (Wildman–Crippen MR) is 61.1 cm³/mol. The molecule has 15 heavy (non-hydrogen) atoms. The summed E-state index contributed by atoms with van der Waals surface area (Å²) in [6.07, 6.45) is 4.70. The lowest BCUT2D eigenvalue weighted by molar-refractivity contribution is 0.915. The molecule has 3 nitrogen and oxygen atoms in total. The van der Waals surface area contributed by atoms with Gasteiger partial charge in [-0.15, -0.1) is 11.3 Å². The first-order valence-corrected chi connectivity index (χ1v) is 6.21. The van der Waals surface area contributed by atoms with E-state index >= 15 is 0 Å². The molecular weight excluding hydrogens is 206 g/mol. The Morgan fingerprint density at radius 1 is 1.47 bits per heavy atom. The van der Waals surface area contributed by atoms with Gasteiger partial charge in [0, 0.05) is 11.3 Å². The number of nitrogens with one attached hydrogen (secondary N) is 1. The van der Waals surface area contributed by atoms with Crippen LogP contribution in [-0.2, 0) is 19.3 Å². The molecule has 0 fully saturated rings. The molecular formula is C11H13N3S. The molecule has 0 spiro atoms. The first kappa shape index (κ1) is 9.09. The Morgan fingerprint density at radius 2 is 2.40 bits per heavy atom. The normalized spacial score (nSPS) is 14.5. The topological polar surface area (TPSA) is 41.6 Å². The summed E-state index contributed by atoms with van der Waals surface area (Å²) in [6, 6.07) is 2.26. The van der Waals surface area contributed by atoms with E-state index < -0.39 is 0 Å². The smallest absolute Gasteiger partial charge is 0.191 e. The van der Waals surface area contributed by atoms with E-state index in [2.05, 4.69) is 28.2 Å². The third-order valence-electron chi connectivity index (χ3n) is 2.83. The third kappa shape index (κ3) is 1.49. The second-order valence-corrected chi connectivity index (χ2v) is 5.01. The fraction of sp³-hybridized carbons (Fsp3) is 0.455. The van der Waals surface area contributed by atoms with Gasteiger partial charge in [0.05, 0.1) is 4.88 Å². The molecule has 0 aromatic carbocycles. The van der Waals surface area contributed by atoms with Crippen LogP contribution in [0.2, 0.25) is 0 Å². The van der Waals surface area contributed by atoms with E-state index in [4.69, 9.17) is 0 Å². The number of rotatable bonds is 2. The highest BCUT2D eigenvalue weighted by molar-refractivity contribution is 7.15. The van der Waals surface area contributed by atoms with Gasteiger partial charge >= 0.3 is 0 Å². The van der Waals surface area contributed by atoms with E-state index in [1.807, 2.05) is 11.3 Å². The van der Waals surface area contributed by atoms with Crippen molar-refractivity contribution in [3.05, 3.63) is 22.3 Å². The van der Waals surface area contributed by atoms with Gasteiger partial charge in [-0.2, -0.15) is 5.10 Å². The van der Waals surface area contributed by atoms with Crippen LogP contribution in [0.25, 0.3) is 10.7 Å². The van der Waals surface area contributed by atoms with Gasteiger partial charge in [0.2, 0.25) is 0 Å². The minimum atomic E-state index is 0.867. The average molecular weight is 219 g/mol. The van der Waals surface area contributed by atoms with Gasteiger partial charge < -0.3 is 0 Å². The number of aryl methyl sites for hydroxylation is 3. The van der Waals surface area contributed by atoms with Gasteiger partial charge in [-0.3, -0.25) is 5.10 Å². The van der Waals surface area contributed by atoms with E-state index in [9.17, 15) is 0 Å². The minimum absolute atomic E-state index is 0.867. The molecule has 4 heteroatoms. The van der Waals surface area contributed by atoms with Crippen molar-refractivity contribution < 1.29 is 0 Å². The molecule has 2 aromatic heterocycles. The lowest BCUT2D eigenvalue weighted by atomic mass is 10.2. The molecule has 3 rings (SSSR count). The Morgan fingerprint density at radius 3 is 3.13 bits per heavy atom. The Hall–Kier alpha value is -1.16. The maximum atomic E-state index is 4.46. The number of aromatic amines is 1. The molecule has 0 unspecified atom stereocenters.